The molecule has 0 radical (unpaired) electrons. The summed E-state index contributed by atoms with van der Waals surface area (Å²) in [6.07, 6.45) is 3.14. The van der Waals surface area contributed by atoms with E-state index in [1.165, 1.54) is 43.5 Å². The van der Waals surface area contributed by atoms with Gasteiger partial charge in [0.15, 0.2) is 12.5 Å². The summed E-state index contributed by atoms with van der Waals surface area (Å²) >= 11 is 1.07. The lowest BCUT2D eigenvalue weighted by atomic mass is 9.86. The zero-order chi connectivity index (χ0) is 65.9. The van der Waals surface area contributed by atoms with Gasteiger partial charge in [0, 0.05) is 88.2 Å². The molecule has 0 unspecified atom stereocenters. The molecule has 1 aromatic carbocycles. The van der Waals surface area contributed by atoms with Crippen molar-refractivity contribution in [3.8, 4) is 5.75 Å². The first-order valence-electron chi connectivity index (χ1n) is 29.4. The summed E-state index contributed by atoms with van der Waals surface area (Å²) in [5.41, 5.74) is -1.06. The smallest absolute Gasteiger partial charge is 0.303 e. The number of aromatic hydroxyl groups is 1. The number of rotatable bonds is 37. The number of hydrogen-bond acceptors (Lipinski definition) is 17. The van der Waals surface area contributed by atoms with Gasteiger partial charge in [-0.2, -0.15) is 0 Å². The number of phenols is 1. The lowest BCUT2D eigenvalue weighted by Gasteiger charge is -2.38. The van der Waals surface area contributed by atoms with Gasteiger partial charge in [-0.25, -0.2) is 4.98 Å². The number of ether oxygens (including phenoxy) is 2. The van der Waals surface area contributed by atoms with E-state index in [9.17, 15) is 63.0 Å². The lowest BCUT2D eigenvalue weighted by Crippen LogP contribution is -2.60. The molecule has 24 nitrogen and oxygen atoms in total. The number of carboxylic acids is 1. The second-order valence-corrected chi connectivity index (χ2v) is 30.6. The van der Waals surface area contributed by atoms with Crippen LogP contribution < -0.4 is 26.6 Å². The van der Waals surface area contributed by atoms with E-state index in [1.54, 1.807) is 57.8 Å². The number of esters is 1. The van der Waals surface area contributed by atoms with Crippen molar-refractivity contribution in [2.75, 3.05) is 65.6 Å². The van der Waals surface area contributed by atoms with Gasteiger partial charge in [-0.1, -0.05) is 61.0 Å². The van der Waals surface area contributed by atoms with Gasteiger partial charge in [0.05, 0.1) is 38.4 Å². The first kappa shape index (κ1) is 74.6. The van der Waals surface area contributed by atoms with Crippen molar-refractivity contribution in [2.45, 2.75) is 170 Å². The predicted octanol–water partition coefficient (Wildman–Crippen LogP) is 5.89. The third-order valence-electron chi connectivity index (χ3n) is 15.4. The predicted molar refractivity (Wildman–Crippen MR) is 333 cm³/mol. The molecule has 0 saturated heterocycles. The number of Topliss-reactive ketones (excluding diaryl/α,β-unsaturated/α-hetero) is 1. The van der Waals surface area contributed by atoms with Crippen LogP contribution in [0.2, 0.25) is 0 Å². The number of thiazole rings is 1. The number of carboxylic acid groups (broad SMARTS) is 1. The number of amides is 8. The van der Waals surface area contributed by atoms with Crippen molar-refractivity contribution in [3.05, 3.63) is 52.0 Å². The topological polar surface area (TPSA) is 329 Å². The number of phenolic OH excluding ortho intramolecular Hbond substituents is 1. The van der Waals surface area contributed by atoms with Crippen molar-refractivity contribution in [3.63, 3.8) is 0 Å². The summed E-state index contributed by atoms with van der Waals surface area (Å²) in [7, 11) is 3.46. The molecule has 7 atom stereocenters. The third kappa shape index (κ3) is 24.1. The number of carbonyl (C=O) groups is 11. The summed E-state index contributed by atoms with van der Waals surface area (Å²) in [5.74, 6) is -6.91. The molecular weight excluding hydrogens is 1160 g/mol. The summed E-state index contributed by atoms with van der Waals surface area (Å²) in [6, 6.07) is 1.05. The van der Waals surface area contributed by atoms with Crippen LogP contribution in [0.4, 0.5) is 5.69 Å². The Kier molecular flexibility index (Phi) is 28.8. The van der Waals surface area contributed by atoms with E-state index in [-0.39, 0.29) is 127 Å². The molecule has 3 rings (SSSR count). The molecule has 2 aromatic rings. The van der Waals surface area contributed by atoms with E-state index in [0.717, 1.165) is 16.2 Å². The summed E-state index contributed by atoms with van der Waals surface area (Å²) in [5, 5.41) is 36.2. The minimum absolute atomic E-state index is 0.0210. The van der Waals surface area contributed by atoms with Crippen molar-refractivity contribution in [2.24, 2.45) is 23.2 Å². The van der Waals surface area contributed by atoms with Gasteiger partial charge in [0.25, 0.3) is 17.7 Å². The molecule has 26 heteroatoms. The second kappa shape index (κ2) is 33.6. The fourth-order valence-corrected chi connectivity index (χ4v) is 11.4. The van der Waals surface area contributed by atoms with E-state index in [4.69, 9.17) is 9.47 Å². The summed E-state index contributed by atoms with van der Waals surface area (Å²) in [6.45, 7) is 23.7. The van der Waals surface area contributed by atoms with Crippen molar-refractivity contribution >= 4 is 89.3 Å². The molecule has 0 fully saturated rings. The zero-order valence-electron chi connectivity index (χ0n) is 53.6. The number of hydrogen-bond donors (Lipinski definition) is 7. The number of benzene rings is 1. The van der Waals surface area contributed by atoms with Gasteiger partial charge >= 0.3 is 11.9 Å². The fourth-order valence-electron chi connectivity index (χ4n) is 9.31. The van der Waals surface area contributed by atoms with Crippen molar-refractivity contribution < 1.29 is 72.4 Å². The Morgan fingerprint density at radius 3 is 2.11 bits per heavy atom. The van der Waals surface area contributed by atoms with Gasteiger partial charge in [-0.15, -0.1) is 11.3 Å². The van der Waals surface area contributed by atoms with Gasteiger partial charge in [0.1, 0.15) is 40.6 Å². The Bertz CT molecular complexity index is 2800. The summed E-state index contributed by atoms with van der Waals surface area (Å²) < 4.78 is 11.8. The molecule has 7 N–H and O–H groups in total. The maximum absolute atomic E-state index is 14.3. The monoisotopic (exact) mass is 1260 g/mol. The highest BCUT2D eigenvalue weighted by molar-refractivity contribution is 7.74. The van der Waals surface area contributed by atoms with Crippen molar-refractivity contribution in [1.82, 2.24) is 41.0 Å². The fraction of sp³-hybridized carbons (Fsp3) is 0.639. The Morgan fingerprint density at radius 1 is 0.885 bits per heavy atom. The molecule has 1 aliphatic rings. The number of anilines is 1. The molecule has 484 valence electrons. The minimum atomic E-state index is -1.75. The summed E-state index contributed by atoms with van der Waals surface area (Å²) in [4.78, 5) is 151. The maximum Gasteiger partial charge on any atom is 0.303 e. The number of carbonyl (C=O) groups excluding carboxylic acids is 10. The van der Waals surface area contributed by atoms with E-state index in [0.29, 0.717) is 31.0 Å². The van der Waals surface area contributed by atoms with Gasteiger partial charge in [-0.3, -0.25) is 62.5 Å². The number of aliphatic carboxylic acids is 1. The molecule has 87 heavy (non-hydrogen) atoms. The highest BCUT2D eigenvalue weighted by Gasteiger charge is 2.39. The van der Waals surface area contributed by atoms with Crippen LogP contribution >= 0.6 is 18.6 Å². The van der Waals surface area contributed by atoms with Crippen LogP contribution in [0, 0.1) is 23.2 Å². The molecule has 8 amide bonds. The van der Waals surface area contributed by atoms with Gasteiger partial charge in [0.2, 0.25) is 29.5 Å². The number of nitrogens with zero attached hydrogens (tertiary/aromatic N) is 4. The van der Waals surface area contributed by atoms with Crippen LogP contribution in [0.1, 0.15) is 155 Å². The number of ketones is 1. The van der Waals surface area contributed by atoms with Crippen LogP contribution in [0.25, 0.3) is 0 Å². The Labute approximate surface area is 516 Å². The number of nitrogens with one attached hydrogen (secondary N) is 5. The van der Waals surface area contributed by atoms with Gasteiger partial charge in [-0.05, 0) is 89.1 Å². The maximum atomic E-state index is 14.3. The molecule has 0 bridgehead atoms. The lowest BCUT2D eigenvalue weighted by molar-refractivity contribution is -0.149. The average Bonchev–Trinajstić information content (AvgIpc) is 2.92. The average molecular weight is 1260 g/mol. The van der Waals surface area contributed by atoms with Crippen LogP contribution in [-0.2, 0) is 63.8 Å². The highest BCUT2D eigenvalue weighted by atomic mass is 32.1. The molecule has 0 aliphatic carbocycles. The van der Waals surface area contributed by atoms with E-state index >= 15 is 0 Å². The standard InChI is InChI=1S/C61H94N9O15PS/c1-17-37(4)53(67-59(83)61(10,11)68(12)13)58(82)69(14)46(36(2)3)30-48(85-40(7)71)57-66-45(32-87-57)56(81)64-42(21-25-52(77)78)28-41-20-22-47(73)44(29-41)65-55(80)39(6)63-54(79)38(5)27-43(72)31-60(8,9)33-84-35-86(15,16)34-62-49(74)19-18-26-70-50(75)23-24-51(70)76/h20,22-24,29,32,36-39,42,46,48,53H,17-19,21,25-28,30-31,33-35H2,1-16H3,(H6-,62,63,64,65,67,73,74,75,76,77,78,79,80,81,83)/p+1/t37-,38+,39-,42+,46+,48+,53-/m0/s1. The van der Waals surface area contributed by atoms with Crippen LogP contribution in [-0.4, -0.2) is 185 Å². The van der Waals surface area contributed by atoms with E-state index < -0.39 is 84.1 Å². The number of imide groups is 1. The first-order chi connectivity index (χ1) is 40.4. The van der Waals surface area contributed by atoms with Gasteiger partial charge < -0.3 is 51.2 Å². The SMILES string of the molecule is CC[C@H](C)[C@H](NC(=O)C(C)(C)N(C)C)C(=O)N(C)[C@H](C[C@@H](OC(C)=O)c1nc(C(=O)N[C@H](CCC(=O)O)Cc2ccc(O)c(NC(=O)[C@H](C)NC(=O)[C@H](C)CC(=O)CC(C)(C)COC[P+](C)(C)CNC(=O)CCCN3C(=O)C=CC3=O)c2)cs1)C(C)C. The molecular formula is C61H95N9O15PS+. The third-order valence-corrected chi connectivity index (χ3v) is 18.3. The van der Waals surface area contributed by atoms with Crippen molar-refractivity contribution in [1.29, 1.82) is 0 Å². The first-order valence-corrected chi connectivity index (χ1v) is 33.4. The minimum Gasteiger partial charge on any atom is -0.506 e. The molecule has 2 heterocycles. The number of likely N-dealkylation sites (N-methyl/N-ethyl adjacent to an activating group) is 2. The van der Waals surface area contributed by atoms with Crippen LogP contribution in [0.5, 0.6) is 5.75 Å². The Morgan fingerprint density at radius 2 is 1.53 bits per heavy atom. The zero-order valence-corrected chi connectivity index (χ0v) is 55.3. The molecule has 0 saturated carbocycles. The molecule has 0 spiro atoms. The molecule has 1 aromatic heterocycles. The normalized spacial score (nSPS) is 15.2. The second-order valence-electron chi connectivity index (χ2n) is 25.3. The Hall–Kier alpha value is -6.69. The quantitative estimate of drug-likeness (QED) is 0.0179. The largest absolute Gasteiger partial charge is 0.506 e. The highest BCUT2D eigenvalue weighted by Crippen LogP contribution is 2.50. The molecule has 1 aliphatic heterocycles. The Balaban J connectivity index is 1.62. The van der Waals surface area contributed by atoms with Crippen LogP contribution in [0.15, 0.2) is 35.7 Å². The van der Waals surface area contributed by atoms with Crippen LogP contribution in [0.3, 0.4) is 0 Å². The van der Waals surface area contributed by atoms with E-state index in [2.05, 4.69) is 31.6 Å². The number of aromatic nitrogens is 1. The van der Waals surface area contributed by atoms with E-state index in [1.807, 2.05) is 54.9 Å².